The highest BCUT2D eigenvalue weighted by Crippen LogP contribution is 1.97. The number of carbonyl (C=O) groups is 3. The van der Waals surface area contributed by atoms with Gasteiger partial charge in [0.05, 0.1) is 26.4 Å². The van der Waals surface area contributed by atoms with E-state index in [1.54, 1.807) is 13.8 Å². The van der Waals surface area contributed by atoms with E-state index >= 15 is 0 Å². The normalized spacial score (nSPS) is 9.55. The smallest absolute Gasteiger partial charge is 0.462 e. The van der Waals surface area contributed by atoms with Crippen molar-refractivity contribution in [1.29, 1.82) is 0 Å². The van der Waals surface area contributed by atoms with E-state index in [4.69, 9.17) is 18.9 Å². The highest BCUT2D eigenvalue weighted by atomic mass is 16.7. The first kappa shape index (κ1) is 19.7. The molecule has 7 heteroatoms. The van der Waals surface area contributed by atoms with Gasteiger partial charge in [0, 0.05) is 24.0 Å². The Morgan fingerprint density at radius 1 is 0.682 bits per heavy atom. The number of ether oxygens (including phenoxy) is 4. The van der Waals surface area contributed by atoms with Gasteiger partial charge in [-0.2, -0.15) is 0 Å². The highest BCUT2D eigenvalue weighted by Gasteiger charge is 2.06. The van der Waals surface area contributed by atoms with Crippen LogP contribution >= 0.6 is 0 Å². The third-order valence-corrected chi connectivity index (χ3v) is 2.18. The van der Waals surface area contributed by atoms with Gasteiger partial charge >= 0.3 is 18.1 Å². The molecule has 0 saturated carbocycles. The third kappa shape index (κ3) is 10.5. The Kier molecular flexibility index (Phi) is 10.2. The summed E-state index contributed by atoms with van der Waals surface area (Å²) < 4.78 is 19.1. The fraction of sp³-hybridized carbons (Fsp3) is 0.533. The number of esters is 2. The molecule has 0 radical (unpaired) electrons. The van der Waals surface area contributed by atoms with E-state index in [2.05, 4.69) is 13.2 Å². The topological polar surface area (TPSA) is 88.1 Å². The molecule has 0 aliphatic heterocycles. The molecule has 0 saturated heterocycles. The molecule has 0 aliphatic rings. The van der Waals surface area contributed by atoms with E-state index in [-0.39, 0.29) is 26.4 Å². The third-order valence-electron chi connectivity index (χ3n) is 2.18. The predicted octanol–water partition coefficient (Wildman–Crippen LogP) is 2.16. The van der Waals surface area contributed by atoms with Crippen molar-refractivity contribution < 1.29 is 33.3 Å². The molecule has 0 aromatic heterocycles. The lowest BCUT2D eigenvalue weighted by Gasteiger charge is -2.07. The van der Waals surface area contributed by atoms with Crippen LogP contribution < -0.4 is 0 Å². The molecule has 0 amide bonds. The molecule has 0 unspecified atom stereocenters. The Morgan fingerprint density at radius 3 is 1.32 bits per heavy atom. The molecule has 124 valence electrons. The molecule has 22 heavy (non-hydrogen) atoms. The van der Waals surface area contributed by atoms with Crippen molar-refractivity contribution in [3.63, 3.8) is 0 Å². The van der Waals surface area contributed by atoms with E-state index in [0.29, 0.717) is 24.0 Å². The summed E-state index contributed by atoms with van der Waals surface area (Å²) in [5.41, 5.74) is 0.625. The minimum atomic E-state index is -0.822. The van der Waals surface area contributed by atoms with Gasteiger partial charge in [-0.25, -0.2) is 14.4 Å². The molecule has 0 atom stereocenters. The van der Waals surface area contributed by atoms with E-state index in [1.165, 1.54) is 0 Å². The van der Waals surface area contributed by atoms with Gasteiger partial charge < -0.3 is 18.9 Å². The van der Waals surface area contributed by atoms with Gasteiger partial charge in [0.1, 0.15) is 0 Å². The number of hydrogen-bond acceptors (Lipinski definition) is 7. The fourth-order valence-electron chi connectivity index (χ4n) is 1.05. The van der Waals surface area contributed by atoms with Crippen LogP contribution in [0.4, 0.5) is 4.79 Å². The van der Waals surface area contributed by atoms with Gasteiger partial charge in [0.2, 0.25) is 0 Å². The molecular formula is C15H22O7. The molecule has 0 aromatic carbocycles. The number of rotatable bonds is 10. The van der Waals surface area contributed by atoms with Gasteiger partial charge in [-0.15, -0.1) is 0 Å². The first-order valence-electron chi connectivity index (χ1n) is 6.79. The first-order valence-corrected chi connectivity index (χ1v) is 6.79. The van der Waals surface area contributed by atoms with Crippen molar-refractivity contribution in [2.45, 2.75) is 26.7 Å². The Hall–Kier alpha value is -2.31. The van der Waals surface area contributed by atoms with Crippen LogP contribution in [-0.4, -0.2) is 44.5 Å². The quantitative estimate of drug-likeness (QED) is 0.264. The van der Waals surface area contributed by atoms with E-state index in [1.807, 2.05) is 0 Å². The molecule has 0 fully saturated rings. The van der Waals surface area contributed by atoms with Gasteiger partial charge in [0.25, 0.3) is 0 Å². The van der Waals surface area contributed by atoms with Crippen molar-refractivity contribution in [3.8, 4) is 0 Å². The first-order chi connectivity index (χ1) is 10.3. The Morgan fingerprint density at radius 2 is 1.00 bits per heavy atom. The second-order valence-electron chi connectivity index (χ2n) is 4.49. The highest BCUT2D eigenvalue weighted by molar-refractivity contribution is 5.87. The van der Waals surface area contributed by atoms with Crippen LogP contribution in [0.2, 0.25) is 0 Å². The maximum absolute atomic E-state index is 11.2. The minimum Gasteiger partial charge on any atom is -0.462 e. The van der Waals surface area contributed by atoms with E-state index in [9.17, 15) is 14.4 Å². The Labute approximate surface area is 129 Å². The zero-order chi connectivity index (χ0) is 17.0. The van der Waals surface area contributed by atoms with Crippen molar-refractivity contribution in [3.05, 3.63) is 24.3 Å². The summed E-state index contributed by atoms with van der Waals surface area (Å²) in [7, 11) is 0. The summed E-state index contributed by atoms with van der Waals surface area (Å²) in [5.74, 6) is -0.959. The molecule has 0 bridgehead atoms. The van der Waals surface area contributed by atoms with Crippen LogP contribution in [0.5, 0.6) is 0 Å². The molecule has 0 rings (SSSR count). The van der Waals surface area contributed by atoms with Crippen LogP contribution in [0.25, 0.3) is 0 Å². The summed E-state index contributed by atoms with van der Waals surface area (Å²) in [4.78, 5) is 33.2. The monoisotopic (exact) mass is 314 g/mol. The van der Waals surface area contributed by atoms with Gasteiger partial charge in [-0.1, -0.05) is 13.2 Å². The largest absolute Gasteiger partial charge is 0.508 e. The standard InChI is InChI=1S/C15H22O7/c1-11(2)13(16)19-7-5-9-21-15(18)22-10-6-8-20-14(17)12(3)4/h1,3,5-10H2,2,4H3. The van der Waals surface area contributed by atoms with Crippen LogP contribution in [0.15, 0.2) is 24.3 Å². The Balaban J connectivity index is 3.47. The maximum Gasteiger partial charge on any atom is 0.508 e. The lowest BCUT2D eigenvalue weighted by atomic mass is 10.4. The summed E-state index contributed by atoms with van der Waals surface area (Å²) in [6.07, 6.45) is -0.0910. The summed E-state index contributed by atoms with van der Waals surface area (Å²) in [5, 5.41) is 0. The molecule has 0 aromatic rings. The van der Waals surface area contributed by atoms with Crippen molar-refractivity contribution >= 4 is 18.1 Å². The van der Waals surface area contributed by atoms with Gasteiger partial charge in [-0.3, -0.25) is 0 Å². The average Bonchev–Trinajstić information content (AvgIpc) is 2.45. The van der Waals surface area contributed by atoms with Crippen LogP contribution in [0.1, 0.15) is 26.7 Å². The lowest BCUT2D eigenvalue weighted by Crippen LogP contribution is -2.14. The second-order valence-corrected chi connectivity index (χ2v) is 4.49. The summed E-state index contributed by atoms with van der Waals surface area (Å²) >= 11 is 0. The molecule has 0 spiro atoms. The van der Waals surface area contributed by atoms with Crippen molar-refractivity contribution in [1.82, 2.24) is 0 Å². The van der Waals surface area contributed by atoms with Crippen molar-refractivity contribution in [2.75, 3.05) is 26.4 Å². The average molecular weight is 314 g/mol. The molecular weight excluding hydrogens is 292 g/mol. The van der Waals surface area contributed by atoms with Crippen LogP contribution in [0.3, 0.4) is 0 Å². The number of hydrogen-bond donors (Lipinski definition) is 0. The van der Waals surface area contributed by atoms with Gasteiger partial charge in [0.15, 0.2) is 0 Å². The minimum absolute atomic E-state index is 0.0763. The van der Waals surface area contributed by atoms with Gasteiger partial charge in [-0.05, 0) is 13.8 Å². The number of carbonyl (C=O) groups excluding carboxylic acids is 3. The molecule has 0 N–H and O–H groups in total. The van der Waals surface area contributed by atoms with Crippen molar-refractivity contribution in [2.24, 2.45) is 0 Å². The zero-order valence-electron chi connectivity index (χ0n) is 13.0. The Bertz CT molecular complexity index is 388. The summed E-state index contributed by atoms with van der Waals surface area (Å²) in [6, 6.07) is 0. The lowest BCUT2D eigenvalue weighted by molar-refractivity contribution is -0.140. The fourth-order valence-corrected chi connectivity index (χ4v) is 1.05. The molecule has 0 heterocycles. The second kappa shape index (κ2) is 11.4. The predicted molar refractivity (Wildman–Crippen MR) is 78.1 cm³/mol. The zero-order valence-corrected chi connectivity index (χ0v) is 13.0. The SMILES string of the molecule is C=C(C)C(=O)OCCCOC(=O)OCCCOC(=O)C(=C)C. The molecule has 7 nitrogen and oxygen atoms in total. The summed E-state index contributed by atoms with van der Waals surface area (Å²) in [6.45, 7) is 10.4. The van der Waals surface area contributed by atoms with E-state index < -0.39 is 18.1 Å². The van der Waals surface area contributed by atoms with Crippen LogP contribution in [0, 0.1) is 0 Å². The molecule has 0 aliphatic carbocycles. The van der Waals surface area contributed by atoms with Crippen LogP contribution in [-0.2, 0) is 28.5 Å². The van der Waals surface area contributed by atoms with E-state index in [0.717, 1.165) is 0 Å². The maximum atomic E-state index is 11.2.